The fourth-order valence-electron chi connectivity index (χ4n) is 1.84. The summed E-state index contributed by atoms with van der Waals surface area (Å²) in [6.45, 7) is 0. The quantitative estimate of drug-likeness (QED) is 0.655. The second kappa shape index (κ2) is 6.58. The highest BCUT2D eigenvalue weighted by atomic mass is 16.5. The summed E-state index contributed by atoms with van der Waals surface area (Å²) in [6.07, 6.45) is 2.97. The Labute approximate surface area is 127 Å². The van der Waals surface area contributed by atoms with Crippen molar-refractivity contribution in [1.82, 2.24) is 0 Å². The van der Waals surface area contributed by atoms with Crippen molar-refractivity contribution in [2.45, 2.75) is 0 Å². The molecule has 0 atom stereocenters. The lowest BCUT2D eigenvalue weighted by Gasteiger charge is -2.03. The number of ether oxygens (including phenoxy) is 1. The van der Waals surface area contributed by atoms with Gasteiger partial charge in [0.2, 0.25) is 0 Å². The molecule has 0 aliphatic carbocycles. The summed E-state index contributed by atoms with van der Waals surface area (Å²) in [6, 6.07) is 10.4. The van der Waals surface area contributed by atoms with Crippen LogP contribution in [-0.2, 0) is 0 Å². The molecule has 0 amide bonds. The van der Waals surface area contributed by atoms with Crippen LogP contribution in [0.4, 0.5) is 0 Å². The van der Waals surface area contributed by atoms with Crippen LogP contribution in [0.1, 0.15) is 26.3 Å². The highest BCUT2D eigenvalue weighted by molar-refractivity contribution is 6.07. The van der Waals surface area contributed by atoms with Crippen molar-refractivity contribution >= 4 is 17.8 Å². The number of phenolic OH excluding ortho intramolecular Hbond substituents is 1. The Morgan fingerprint density at radius 3 is 2.27 bits per heavy atom. The van der Waals surface area contributed by atoms with Crippen molar-refractivity contribution < 1.29 is 24.5 Å². The number of ketones is 1. The van der Waals surface area contributed by atoms with Crippen molar-refractivity contribution in [2.24, 2.45) is 0 Å². The van der Waals surface area contributed by atoms with E-state index in [1.54, 1.807) is 18.2 Å². The SMILES string of the molecule is COc1cc(/C=C/C(=O)c2ccc(C(=O)O)cc2)ccc1O. The molecule has 2 N–H and O–H groups in total. The third-order valence-electron chi connectivity index (χ3n) is 3.05. The molecule has 5 nitrogen and oxygen atoms in total. The first kappa shape index (κ1) is 15.3. The number of aromatic carboxylic acids is 1. The Morgan fingerprint density at radius 1 is 1.05 bits per heavy atom. The zero-order valence-electron chi connectivity index (χ0n) is 11.8. The van der Waals surface area contributed by atoms with E-state index in [9.17, 15) is 14.7 Å². The number of carboxylic acids is 1. The highest BCUT2D eigenvalue weighted by Crippen LogP contribution is 2.26. The Bertz CT molecular complexity index is 729. The first-order valence-corrected chi connectivity index (χ1v) is 6.44. The molecule has 112 valence electrons. The van der Waals surface area contributed by atoms with Gasteiger partial charge in [0.1, 0.15) is 0 Å². The Hall–Kier alpha value is -3.08. The molecule has 2 rings (SSSR count). The van der Waals surface area contributed by atoms with Crippen LogP contribution in [0.25, 0.3) is 6.08 Å². The number of phenols is 1. The van der Waals surface area contributed by atoms with Crippen molar-refractivity contribution in [3.8, 4) is 11.5 Å². The fourth-order valence-corrected chi connectivity index (χ4v) is 1.84. The van der Waals surface area contributed by atoms with Crippen LogP contribution in [0.2, 0.25) is 0 Å². The van der Waals surface area contributed by atoms with Crippen LogP contribution in [0.3, 0.4) is 0 Å². The van der Waals surface area contributed by atoms with Crippen LogP contribution in [0.5, 0.6) is 11.5 Å². The Balaban J connectivity index is 2.15. The molecule has 0 fully saturated rings. The molecule has 0 saturated heterocycles. The second-order valence-electron chi connectivity index (χ2n) is 4.51. The molecule has 0 unspecified atom stereocenters. The molecule has 0 spiro atoms. The zero-order chi connectivity index (χ0) is 16.1. The third-order valence-corrected chi connectivity index (χ3v) is 3.05. The van der Waals surface area contributed by atoms with Crippen LogP contribution < -0.4 is 4.74 Å². The van der Waals surface area contributed by atoms with Crippen molar-refractivity contribution in [2.75, 3.05) is 7.11 Å². The minimum absolute atomic E-state index is 0.0234. The molecule has 5 heteroatoms. The Kier molecular flexibility index (Phi) is 4.58. The highest BCUT2D eigenvalue weighted by Gasteiger charge is 2.06. The molecule has 0 aliphatic heterocycles. The summed E-state index contributed by atoms with van der Waals surface area (Å²) in [5.74, 6) is -0.939. The number of carbonyl (C=O) groups excluding carboxylic acids is 1. The van der Waals surface area contributed by atoms with E-state index in [1.165, 1.54) is 43.5 Å². The van der Waals surface area contributed by atoms with Gasteiger partial charge in [0, 0.05) is 5.56 Å². The molecule has 2 aromatic rings. The first-order valence-electron chi connectivity index (χ1n) is 6.44. The predicted molar refractivity (Wildman–Crippen MR) is 81.4 cm³/mol. The van der Waals surface area contributed by atoms with Gasteiger partial charge in [-0.05, 0) is 35.9 Å². The van der Waals surface area contributed by atoms with Crippen LogP contribution in [0.15, 0.2) is 48.5 Å². The van der Waals surface area contributed by atoms with Gasteiger partial charge in [0.15, 0.2) is 17.3 Å². The van der Waals surface area contributed by atoms with E-state index in [0.29, 0.717) is 16.9 Å². The number of carboxylic acid groups (broad SMARTS) is 1. The number of rotatable bonds is 5. The largest absolute Gasteiger partial charge is 0.504 e. The molecule has 0 radical (unpaired) electrons. The maximum atomic E-state index is 12.0. The topological polar surface area (TPSA) is 83.8 Å². The number of hydrogen-bond acceptors (Lipinski definition) is 4. The van der Waals surface area contributed by atoms with E-state index in [-0.39, 0.29) is 17.1 Å². The summed E-state index contributed by atoms with van der Waals surface area (Å²) in [7, 11) is 1.44. The zero-order valence-corrected chi connectivity index (χ0v) is 11.8. The van der Waals surface area contributed by atoms with Crippen LogP contribution >= 0.6 is 0 Å². The lowest BCUT2D eigenvalue weighted by Crippen LogP contribution is -1.98. The molecule has 0 aliphatic rings. The number of methoxy groups -OCH3 is 1. The smallest absolute Gasteiger partial charge is 0.335 e. The van der Waals surface area contributed by atoms with Crippen molar-refractivity contribution in [3.05, 3.63) is 65.2 Å². The third kappa shape index (κ3) is 3.52. The normalized spacial score (nSPS) is 10.6. The van der Waals surface area contributed by atoms with Crippen LogP contribution in [-0.4, -0.2) is 29.1 Å². The fraction of sp³-hybridized carbons (Fsp3) is 0.0588. The van der Waals surface area contributed by atoms with Gasteiger partial charge >= 0.3 is 5.97 Å². The first-order chi connectivity index (χ1) is 10.5. The minimum Gasteiger partial charge on any atom is -0.504 e. The van der Waals surface area contributed by atoms with Gasteiger partial charge in [-0.1, -0.05) is 24.3 Å². The molecular weight excluding hydrogens is 284 g/mol. The number of aromatic hydroxyl groups is 1. The summed E-state index contributed by atoms with van der Waals surface area (Å²) in [5, 5.41) is 18.3. The van der Waals surface area contributed by atoms with E-state index in [1.807, 2.05) is 0 Å². The molecular formula is C17H14O5. The standard InChI is InChI=1S/C17H14O5/c1-22-16-10-11(3-9-15(16)19)2-8-14(18)12-4-6-13(7-5-12)17(20)21/h2-10,19H,1H3,(H,20,21)/b8-2+. The van der Waals surface area contributed by atoms with E-state index < -0.39 is 5.97 Å². The van der Waals surface area contributed by atoms with Crippen molar-refractivity contribution in [1.29, 1.82) is 0 Å². The van der Waals surface area contributed by atoms with Gasteiger partial charge in [-0.25, -0.2) is 4.79 Å². The molecule has 0 saturated carbocycles. The summed E-state index contributed by atoms with van der Waals surface area (Å²) < 4.78 is 4.99. The van der Waals surface area contributed by atoms with Gasteiger partial charge in [-0.15, -0.1) is 0 Å². The minimum atomic E-state index is -1.04. The average molecular weight is 298 g/mol. The number of carbonyl (C=O) groups is 2. The molecule has 22 heavy (non-hydrogen) atoms. The predicted octanol–water partition coefficient (Wildman–Crippen LogP) is 3.00. The maximum absolute atomic E-state index is 12.0. The van der Waals surface area contributed by atoms with E-state index in [2.05, 4.69) is 0 Å². The van der Waals surface area contributed by atoms with Gasteiger partial charge in [0.05, 0.1) is 12.7 Å². The van der Waals surface area contributed by atoms with Gasteiger partial charge in [-0.2, -0.15) is 0 Å². The number of benzene rings is 2. The average Bonchev–Trinajstić information content (AvgIpc) is 2.53. The summed E-state index contributed by atoms with van der Waals surface area (Å²) in [5.41, 5.74) is 1.22. The summed E-state index contributed by atoms with van der Waals surface area (Å²) >= 11 is 0. The van der Waals surface area contributed by atoms with Crippen molar-refractivity contribution in [3.63, 3.8) is 0 Å². The van der Waals surface area contributed by atoms with Crippen LogP contribution in [0, 0.1) is 0 Å². The van der Waals surface area contributed by atoms with Gasteiger partial charge in [-0.3, -0.25) is 4.79 Å². The van der Waals surface area contributed by atoms with Gasteiger partial charge in [0.25, 0.3) is 0 Å². The molecule has 0 aromatic heterocycles. The lowest BCUT2D eigenvalue weighted by molar-refractivity contribution is 0.0696. The molecule has 0 bridgehead atoms. The molecule has 2 aromatic carbocycles. The van der Waals surface area contributed by atoms with E-state index in [0.717, 1.165) is 0 Å². The summed E-state index contributed by atoms with van der Waals surface area (Å²) in [4.78, 5) is 22.8. The maximum Gasteiger partial charge on any atom is 0.335 e. The monoisotopic (exact) mass is 298 g/mol. The number of allylic oxidation sites excluding steroid dienone is 1. The molecule has 0 heterocycles. The van der Waals surface area contributed by atoms with E-state index in [4.69, 9.17) is 9.84 Å². The lowest BCUT2D eigenvalue weighted by atomic mass is 10.1. The van der Waals surface area contributed by atoms with E-state index >= 15 is 0 Å². The number of hydrogen-bond donors (Lipinski definition) is 2. The Morgan fingerprint density at radius 2 is 1.68 bits per heavy atom. The van der Waals surface area contributed by atoms with Gasteiger partial charge < -0.3 is 14.9 Å². The second-order valence-corrected chi connectivity index (χ2v) is 4.51.